The van der Waals surface area contributed by atoms with E-state index in [4.69, 9.17) is 0 Å². The van der Waals surface area contributed by atoms with Gasteiger partial charge in [0, 0.05) is 19.1 Å². The summed E-state index contributed by atoms with van der Waals surface area (Å²) in [5, 5.41) is 3.78. The lowest BCUT2D eigenvalue weighted by Crippen LogP contribution is -2.37. The van der Waals surface area contributed by atoms with Gasteiger partial charge in [-0.2, -0.15) is 0 Å². The van der Waals surface area contributed by atoms with Crippen molar-refractivity contribution >= 4 is 0 Å². The van der Waals surface area contributed by atoms with Gasteiger partial charge in [-0.25, -0.2) is 0 Å². The van der Waals surface area contributed by atoms with E-state index in [1.165, 1.54) is 58.2 Å². The SMILES string of the molecule is c1ccc2c(c1)CCCC2NCCN1CCCCC1. The van der Waals surface area contributed by atoms with Crippen molar-refractivity contribution in [1.82, 2.24) is 10.2 Å². The average Bonchev–Trinajstić information content (AvgIpc) is 2.49. The summed E-state index contributed by atoms with van der Waals surface area (Å²) in [6.07, 6.45) is 8.12. The minimum atomic E-state index is 0.592. The molecule has 0 radical (unpaired) electrons. The van der Waals surface area contributed by atoms with E-state index in [9.17, 15) is 0 Å². The third kappa shape index (κ3) is 3.37. The van der Waals surface area contributed by atoms with Gasteiger partial charge in [-0.3, -0.25) is 0 Å². The van der Waals surface area contributed by atoms with Gasteiger partial charge >= 0.3 is 0 Å². The van der Waals surface area contributed by atoms with Gasteiger partial charge in [-0.05, 0) is 56.3 Å². The molecule has 1 unspecified atom stereocenters. The molecule has 1 heterocycles. The van der Waals surface area contributed by atoms with Crippen molar-refractivity contribution in [3.8, 4) is 0 Å². The van der Waals surface area contributed by atoms with Crippen molar-refractivity contribution < 1.29 is 0 Å². The number of hydrogen-bond donors (Lipinski definition) is 1. The van der Waals surface area contributed by atoms with Crippen LogP contribution in [0, 0.1) is 0 Å². The zero-order valence-electron chi connectivity index (χ0n) is 11.9. The summed E-state index contributed by atoms with van der Waals surface area (Å²) in [6.45, 7) is 4.98. The van der Waals surface area contributed by atoms with Crippen LogP contribution in [0.15, 0.2) is 24.3 Å². The van der Waals surface area contributed by atoms with Gasteiger partial charge in [-0.1, -0.05) is 30.7 Å². The second-order valence-electron chi connectivity index (χ2n) is 6.00. The quantitative estimate of drug-likeness (QED) is 0.892. The van der Waals surface area contributed by atoms with E-state index in [1.807, 2.05) is 0 Å². The van der Waals surface area contributed by atoms with E-state index in [1.54, 1.807) is 11.1 Å². The summed E-state index contributed by atoms with van der Waals surface area (Å²) in [4.78, 5) is 2.62. The van der Waals surface area contributed by atoms with Crippen LogP contribution in [0.3, 0.4) is 0 Å². The van der Waals surface area contributed by atoms with Crippen molar-refractivity contribution in [3.63, 3.8) is 0 Å². The van der Waals surface area contributed by atoms with Crippen LogP contribution in [0.2, 0.25) is 0 Å². The number of fused-ring (bicyclic) bond motifs is 1. The van der Waals surface area contributed by atoms with Crippen LogP contribution in [-0.2, 0) is 6.42 Å². The molecule has 1 aromatic carbocycles. The highest BCUT2D eigenvalue weighted by atomic mass is 15.1. The predicted molar refractivity (Wildman–Crippen MR) is 80.4 cm³/mol. The highest BCUT2D eigenvalue weighted by Crippen LogP contribution is 2.29. The standard InChI is InChI=1S/C17H26N2/c1-4-12-19(13-5-1)14-11-18-17-10-6-8-15-7-2-3-9-16(15)17/h2-3,7,9,17-18H,1,4-6,8,10-14H2. The molecule has 1 aliphatic carbocycles. The number of aryl methyl sites for hydroxylation is 1. The number of nitrogens with one attached hydrogen (secondary N) is 1. The lowest BCUT2D eigenvalue weighted by atomic mass is 9.88. The average molecular weight is 258 g/mol. The van der Waals surface area contributed by atoms with Gasteiger partial charge in [-0.15, -0.1) is 0 Å². The molecule has 1 aromatic rings. The Hall–Kier alpha value is -0.860. The number of nitrogens with zero attached hydrogens (tertiary/aromatic N) is 1. The summed E-state index contributed by atoms with van der Waals surface area (Å²) in [6, 6.07) is 9.56. The Morgan fingerprint density at radius 1 is 1.05 bits per heavy atom. The molecule has 1 fully saturated rings. The number of rotatable bonds is 4. The number of hydrogen-bond acceptors (Lipinski definition) is 2. The molecule has 2 nitrogen and oxygen atoms in total. The topological polar surface area (TPSA) is 15.3 Å². The first-order valence-corrected chi connectivity index (χ1v) is 7.97. The molecule has 1 aliphatic heterocycles. The van der Waals surface area contributed by atoms with Crippen molar-refractivity contribution in [3.05, 3.63) is 35.4 Å². The number of piperidine rings is 1. The molecule has 104 valence electrons. The first-order valence-electron chi connectivity index (χ1n) is 7.97. The Labute approximate surface area is 117 Å². The zero-order valence-corrected chi connectivity index (χ0v) is 11.9. The maximum atomic E-state index is 3.78. The summed E-state index contributed by atoms with van der Waals surface area (Å²) >= 11 is 0. The second kappa shape index (κ2) is 6.53. The summed E-state index contributed by atoms with van der Waals surface area (Å²) in [5.41, 5.74) is 3.11. The van der Waals surface area contributed by atoms with Crippen LogP contribution < -0.4 is 5.32 Å². The summed E-state index contributed by atoms with van der Waals surface area (Å²) in [7, 11) is 0. The molecule has 2 heteroatoms. The second-order valence-corrected chi connectivity index (χ2v) is 6.00. The van der Waals surface area contributed by atoms with Crippen molar-refractivity contribution in [2.24, 2.45) is 0 Å². The van der Waals surface area contributed by atoms with Gasteiger partial charge in [0.2, 0.25) is 0 Å². The third-order valence-electron chi connectivity index (χ3n) is 4.64. The van der Waals surface area contributed by atoms with Crippen molar-refractivity contribution in [1.29, 1.82) is 0 Å². The van der Waals surface area contributed by atoms with E-state index >= 15 is 0 Å². The highest BCUT2D eigenvalue weighted by molar-refractivity contribution is 5.32. The van der Waals surface area contributed by atoms with Crippen LogP contribution >= 0.6 is 0 Å². The van der Waals surface area contributed by atoms with Gasteiger partial charge in [0.1, 0.15) is 0 Å². The normalized spacial score (nSPS) is 24.1. The molecular weight excluding hydrogens is 232 g/mol. The molecule has 1 N–H and O–H groups in total. The molecule has 0 bridgehead atoms. The van der Waals surface area contributed by atoms with Gasteiger partial charge in [0.05, 0.1) is 0 Å². The number of benzene rings is 1. The first-order chi connectivity index (χ1) is 9.43. The van der Waals surface area contributed by atoms with Gasteiger partial charge in [0.25, 0.3) is 0 Å². The molecule has 2 aliphatic rings. The lowest BCUT2D eigenvalue weighted by Gasteiger charge is -2.30. The molecule has 3 rings (SSSR count). The van der Waals surface area contributed by atoms with Crippen molar-refractivity contribution in [2.75, 3.05) is 26.2 Å². The summed E-state index contributed by atoms with van der Waals surface area (Å²) in [5.74, 6) is 0. The van der Waals surface area contributed by atoms with E-state index < -0.39 is 0 Å². The summed E-state index contributed by atoms with van der Waals surface area (Å²) < 4.78 is 0. The fourth-order valence-corrected chi connectivity index (χ4v) is 3.55. The van der Waals surface area contributed by atoms with Crippen LogP contribution in [0.1, 0.15) is 49.3 Å². The zero-order chi connectivity index (χ0) is 12.9. The van der Waals surface area contributed by atoms with E-state index in [0.717, 1.165) is 6.54 Å². The van der Waals surface area contributed by atoms with Gasteiger partial charge in [0.15, 0.2) is 0 Å². The lowest BCUT2D eigenvalue weighted by molar-refractivity contribution is 0.225. The molecule has 0 aromatic heterocycles. The molecule has 19 heavy (non-hydrogen) atoms. The Kier molecular flexibility index (Phi) is 4.52. The Morgan fingerprint density at radius 2 is 1.89 bits per heavy atom. The fourth-order valence-electron chi connectivity index (χ4n) is 3.55. The minimum absolute atomic E-state index is 0.592. The Balaban J connectivity index is 1.50. The maximum absolute atomic E-state index is 3.78. The van der Waals surface area contributed by atoms with Gasteiger partial charge < -0.3 is 10.2 Å². The molecule has 1 saturated heterocycles. The minimum Gasteiger partial charge on any atom is -0.309 e. The molecule has 0 amide bonds. The Bertz CT molecular complexity index is 396. The molecular formula is C17H26N2. The maximum Gasteiger partial charge on any atom is 0.0323 e. The smallest absolute Gasteiger partial charge is 0.0323 e. The third-order valence-corrected chi connectivity index (χ3v) is 4.64. The van der Waals surface area contributed by atoms with Crippen LogP contribution in [-0.4, -0.2) is 31.1 Å². The van der Waals surface area contributed by atoms with E-state index in [0.29, 0.717) is 6.04 Å². The van der Waals surface area contributed by atoms with Crippen molar-refractivity contribution in [2.45, 2.75) is 44.6 Å². The van der Waals surface area contributed by atoms with Crippen LogP contribution in [0.4, 0.5) is 0 Å². The molecule has 0 saturated carbocycles. The molecule has 1 atom stereocenters. The number of likely N-dealkylation sites (tertiary alicyclic amines) is 1. The highest BCUT2D eigenvalue weighted by Gasteiger charge is 2.19. The van der Waals surface area contributed by atoms with E-state index in [-0.39, 0.29) is 0 Å². The van der Waals surface area contributed by atoms with E-state index in [2.05, 4.69) is 34.5 Å². The Morgan fingerprint density at radius 3 is 2.79 bits per heavy atom. The molecule has 0 spiro atoms. The monoisotopic (exact) mass is 258 g/mol. The van der Waals surface area contributed by atoms with Crippen LogP contribution in [0.5, 0.6) is 0 Å². The fraction of sp³-hybridized carbons (Fsp3) is 0.647. The van der Waals surface area contributed by atoms with Crippen LogP contribution in [0.25, 0.3) is 0 Å². The predicted octanol–water partition coefficient (Wildman–Crippen LogP) is 3.14. The largest absolute Gasteiger partial charge is 0.309 e. The first kappa shape index (κ1) is 13.1.